The predicted octanol–water partition coefficient (Wildman–Crippen LogP) is 3.49. The first-order valence-corrected chi connectivity index (χ1v) is 8.33. The monoisotopic (exact) mass is 296 g/mol. The maximum absolute atomic E-state index is 11.4. The van der Waals surface area contributed by atoms with Crippen LogP contribution in [0.1, 0.15) is 45.7 Å². The number of hydrogen-bond donors (Lipinski definition) is 1. The maximum Gasteiger partial charge on any atom is 0.311 e. The van der Waals surface area contributed by atoms with Crippen molar-refractivity contribution in [3.8, 4) is 0 Å². The summed E-state index contributed by atoms with van der Waals surface area (Å²) < 4.78 is 4.94. The van der Waals surface area contributed by atoms with Gasteiger partial charge in [-0.2, -0.15) is 0 Å². The Morgan fingerprint density at radius 1 is 1.45 bits per heavy atom. The first-order valence-electron chi connectivity index (χ1n) is 7.45. The van der Waals surface area contributed by atoms with Crippen LogP contribution in [0.15, 0.2) is 5.38 Å². The number of esters is 1. The second kappa shape index (κ2) is 7.07. The minimum absolute atomic E-state index is 0.204. The fourth-order valence-corrected chi connectivity index (χ4v) is 3.46. The normalized spacial score (nSPS) is 26.2. The van der Waals surface area contributed by atoms with Gasteiger partial charge in [-0.1, -0.05) is 13.8 Å². The van der Waals surface area contributed by atoms with E-state index in [1.54, 1.807) is 11.3 Å². The summed E-state index contributed by atoms with van der Waals surface area (Å²) in [6.45, 7) is 6.90. The van der Waals surface area contributed by atoms with E-state index in [4.69, 9.17) is 4.74 Å². The fourth-order valence-electron chi connectivity index (χ4n) is 2.67. The number of anilines is 1. The van der Waals surface area contributed by atoms with E-state index >= 15 is 0 Å². The predicted molar refractivity (Wildman–Crippen MR) is 82.0 cm³/mol. The van der Waals surface area contributed by atoms with Gasteiger partial charge in [0.25, 0.3) is 0 Å². The molecule has 112 valence electrons. The molecule has 1 saturated carbocycles. The Balaban J connectivity index is 1.85. The zero-order valence-electron chi connectivity index (χ0n) is 12.5. The van der Waals surface area contributed by atoms with Gasteiger partial charge in [-0.25, -0.2) is 4.98 Å². The quantitative estimate of drug-likeness (QED) is 0.845. The third kappa shape index (κ3) is 4.20. The van der Waals surface area contributed by atoms with E-state index in [1.165, 1.54) is 19.3 Å². The van der Waals surface area contributed by atoms with Crippen LogP contribution in [0.2, 0.25) is 0 Å². The molecule has 1 aliphatic carbocycles. The Kier molecular flexibility index (Phi) is 5.40. The fraction of sp³-hybridized carbons (Fsp3) is 0.733. The summed E-state index contributed by atoms with van der Waals surface area (Å²) in [6.07, 6.45) is 3.95. The second-order valence-electron chi connectivity index (χ2n) is 5.73. The molecule has 3 atom stereocenters. The molecule has 0 bridgehead atoms. The molecule has 0 radical (unpaired) electrons. The number of rotatable bonds is 5. The first kappa shape index (κ1) is 15.3. The van der Waals surface area contributed by atoms with Crippen LogP contribution in [0.5, 0.6) is 0 Å². The minimum Gasteiger partial charge on any atom is -0.466 e. The molecule has 1 heterocycles. The summed E-state index contributed by atoms with van der Waals surface area (Å²) in [5.74, 6) is 1.38. The van der Waals surface area contributed by atoms with Gasteiger partial charge in [0.2, 0.25) is 0 Å². The van der Waals surface area contributed by atoms with E-state index in [0.717, 1.165) is 22.7 Å². The second-order valence-corrected chi connectivity index (χ2v) is 6.59. The van der Waals surface area contributed by atoms with Crippen molar-refractivity contribution in [3.63, 3.8) is 0 Å². The number of carbonyl (C=O) groups excluding carboxylic acids is 1. The van der Waals surface area contributed by atoms with E-state index < -0.39 is 0 Å². The highest BCUT2D eigenvalue weighted by molar-refractivity contribution is 7.13. The number of nitrogens with one attached hydrogen (secondary N) is 1. The summed E-state index contributed by atoms with van der Waals surface area (Å²) in [6, 6.07) is 0.516. The highest BCUT2D eigenvalue weighted by Crippen LogP contribution is 2.31. The van der Waals surface area contributed by atoms with Gasteiger partial charge in [0, 0.05) is 11.4 Å². The minimum atomic E-state index is -0.204. The summed E-state index contributed by atoms with van der Waals surface area (Å²) in [7, 11) is 0. The Morgan fingerprint density at radius 2 is 2.25 bits per heavy atom. The van der Waals surface area contributed by atoms with Crippen molar-refractivity contribution < 1.29 is 9.53 Å². The van der Waals surface area contributed by atoms with Crippen LogP contribution in [0.25, 0.3) is 0 Å². The molecule has 0 saturated heterocycles. The lowest BCUT2D eigenvalue weighted by Gasteiger charge is -2.32. The van der Waals surface area contributed by atoms with Crippen molar-refractivity contribution in [3.05, 3.63) is 11.1 Å². The van der Waals surface area contributed by atoms with Crippen LogP contribution in [0, 0.1) is 11.8 Å². The van der Waals surface area contributed by atoms with Gasteiger partial charge in [-0.15, -0.1) is 11.3 Å². The molecule has 1 aromatic heterocycles. The lowest BCUT2D eigenvalue weighted by molar-refractivity contribution is -0.142. The average molecular weight is 296 g/mol. The first-order chi connectivity index (χ1) is 9.58. The smallest absolute Gasteiger partial charge is 0.311 e. The molecular weight excluding hydrogens is 272 g/mol. The van der Waals surface area contributed by atoms with Gasteiger partial charge in [-0.3, -0.25) is 4.79 Å². The SMILES string of the molecule is CCOC(=O)Cc1csc(NC2CCC(C)C(C)C2)n1. The third-order valence-electron chi connectivity index (χ3n) is 4.11. The van der Waals surface area contributed by atoms with Gasteiger partial charge in [0.05, 0.1) is 18.7 Å². The number of ether oxygens (including phenoxy) is 1. The summed E-state index contributed by atoms with van der Waals surface area (Å²) in [5.41, 5.74) is 0.799. The van der Waals surface area contributed by atoms with Crippen LogP contribution in [-0.2, 0) is 16.0 Å². The lowest BCUT2D eigenvalue weighted by atomic mass is 9.79. The molecule has 0 aromatic carbocycles. The van der Waals surface area contributed by atoms with E-state index in [0.29, 0.717) is 12.6 Å². The van der Waals surface area contributed by atoms with Crippen molar-refractivity contribution in [1.82, 2.24) is 4.98 Å². The number of carbonyl (C=O) groups is 1. The van der Waals surface area contributed by atoms with Crippen molar-refractivity contribution in [1.29, 1.82) is 0 Å². The molecule has 0 amide bonds. The largest absolute Gasteiger partial charge is 0.466 e. The molecule has 4 nitrogen and oxygen atoms in total. The number of thiazole rings is 1. The zero-order valence-corrected chi connectivity index (χ0v) is 13.3. The Morgan fingerprint density at radius 3 is 2.95 bits per heavy atom. The topological polar surface area (TPSA) is 51.2 Å². The Labute approximate surface area is 124 Å². The number of aromatic nitrogens is 1. The average Bonchev–Trinajstić information content (AvgIpc) is 2.81. The van der Waals surface area contributed by atoms with E-state index in [9.17, 15) is 4.79 Å². The molecule has 2 rings (SSSR count). The lowest BCUT2D eigenvalue weighted by Crippen LogP contribution is -2.30. The van der Waals surface area contributed by atoms with Gasteiger partial charge in [0.15, 0.2) is 5.13 Å². The van der Waals surface area contributed by atoms with Gasteiger partial charge in [-0.05, 0) is 38.0 Å². The molecule has 1 N–H and O–H groups in total. The van der Waals surface area contributed by atoms with Crippen LogP contribution >= 0.6 is 11.3 Å². The molecule has 1 fully saturated rings. The van der Waals surface area contributed by atoms with Crippen molar-refractivity contribution in [2.24, 2.45) is 11.8 Å². The standard InChI is InChI=1S/C15H24N2O2S/c1-4-19-14(18)8-13-9-20-15(17-13)16-12-6-5-10(2)11(3)7-12/h9-12H,4-8H2,1-3H3,(H,16,17). The van der Waals surface area contributed by atoms with Gasteiger partial charge < -0.3 is 10.1 Å². The molecule has 3 unspecified atom stereocenters. The number of hydrogen-bond acceptors (Lipinski definition) is 5. The van der Waals surface area contributed by atoms with Crippen LogP contribution in [0.4, 0.5) is 5.13 Å². The summed E-state index contributed by atoms with van der Waals surface area (Å²) in [4.78, 5) is 15.9. The van der Waals surface area contributed by atoms with Crippen molar-refractivity contribution in [2.45, 2.75) is 52.5 Å². The van der Waals surface area contributed by atoms with E-state index in [-0.39, 0.29) is 12.4 Å². The Hall–Kier alpha value is -1.10. The third-order valence-corrected chi connectivity index (χ3v) is 4.93. The summed E-state index contributed by atoms with van der Waals surface area (Å²) >= 11 is 1.58. The summed E-state index contributed by atoms with van der Waals surface area (Å²) in [5, 5.41) is 6.38. The van der Waals surface area contributed by atoms with Gasteiger partial charge in [0.1, 0.15) is 0 Å². The van der Waals surface area contributed by atoms with Crippen LogP contribution in [0.3, 0.4) is 0 Å². The van der Waals surface area contributed by atoms with Crippen molar-refractivity contribution >= 4 is 22.4 Å². The zero-order chi connectivity index (χ0) is 14.5. The molecule has 0 spiro atoms. The van der Waals surface area contributed by atoms with E-state index in [1.807, 2.05) is 12.3 Å². The number of nitrogens with zero attached hydrogens (tertiary/aromatic N) is 1. The Bertz CT molecular complexity index is 447. The molecule has 1 aliphatic rings. The molecule has 1 aromatic rings. The molecule has 0 aliphatic heterocycles. The van der Waals surface area contributed by atoms with Gasteiger partial charge >= 0.3 is 5.97 Å². The molecule has 5 heteroatoms. The molecule has 20 heavy (non-hydrogen) atoms. The van der Waals surface area contributed by atoms with Crippen LogP contribution < -0.4 is 5.32 Å². The highest BCUT2D eigenvalue weighted by Gasteiger charge is 2.24. The van der Waals surface area contributed by atoms with Crippen molar-refractivity contribution in [2.75, 3.05) is 11.9 Å². The van der Waals surface area contributed by atoms with E-state index in [2.05, 4.69) is 24.1 Å². The maximum atomic E-state index is 11.4. The highest BCUT2D eigenvalue weighted by atomic mass is 32.1. The van der Waals surface area contributed by atoms with Crippen LogP contribution in [-0.4, -0.2) is 23.6 Å². The molecular formula is C15H24N2O2S.